The Morgan fingerprint density at radius 2 is 1.56 bits per heavy atom. The maximum atomic E-state index is 12.9. The molecule has 2 aromatic rings. The van der Waals surface area contributed by atoms with Crippen LogP contribution in [-0.2, 0) is 0 Å². The zero-order valence-corrected chi connectivity index (χ0v) is 8.99. The monoisotopic (exact) mass is 252 g/mol. The standard InChI is InChI=1S/C13H7F3O2/c14-9-1-2-13(8(3-9)7-17)18-12-5-10(15)4-11(16)6-12/h1-7H. The first-order valence-electron chi connectivity index (χ1n) is 4.97. The van der Waals surface area contributed by atoms with Crippen LogP contribution in [-0.4, -0.2) is 6.29 Å². The Hall–Kier alpha value is -2.30. The summed E-state index contributed by atoms with van der Waals surface area (Å²) < 4.78 is 43.9. The molecule has 0 aliphatic heterocycles. The minimum Gasteiger partial charge on any atom is -0.456 e. The maximum absolute atomic E-state index is 12.9. The second-order valence-electron chi connectivity index (χ2n) is 3.51. The van der Waals surface area contributed by atoms with Gasteiger partial charge in [-0.05, 0) is 18.2 Å². The van der Waals surface area contributed by atoms with Crippen LogP contribution in [0.2, 0.25) is 0 Å². The Bertz CT molecular complexity index is 577. The number of rotatable bonds is 3. The van der Waals surface area contributed by atoms with E-state index in [9.17, 15) is 18.0 Å². The van der Waals surface area contributed by atoms with Gasteiger partial charge in [0.2, 0.25) is 0 Å². The van der Waals surface area contributed by atoms with E-state index in [0.29, 0.717) is 12.4 Å². The quantitative estimate of drug-likeness (QED) is 0.778. The molecule has 0 unspecified atom stereocenters. The summed E-state index contributed by atoms with van der Waals surface area (Å²) >= 11 is 0. The maximum Gasteiger partial charge on any atom is 0.153 e. The molecule has 2 nitrogen and oxygen atoms in total. The molecule has 0 spiro atoms. The Morgan fingerprint density at radius 3 is 2.17 bits per heavy atom. The summed E-state index contributed by atoms with van der Waals surface area (Å²) in [5.74, 6) is -2.30. The summed E-state index contributed by atoms with van der Waals surface area (Å²) in [5, 5.41) is 0. The summed E-state index contributed by atoms with van der Waals surface area (Å²) in [6.07, 6.45) is 0.397. The Labute approximate surface area is 101 Å². The van der Waals surface area contributed by atoms with Gasteiger partial charge in [0.05, 0.1) is 5.56 Å². The first kappa shape index (κ1) is 12.2. The number of aldehydes is 1. The highest BCUT2D eigenvalue weighted by atomic mass is 19.1. The van der Waals surface area contributed by atoms with Crippen molar-refractivity contribution in [3.63, 3.8) is 0 Å². The van der Waals surface area contributed by atoms with Crippen molar-refractivity contribution in [2.75, 3.05) is 0 Å². The second-order valence-corrected chi connectivity index (χ2v) is 3.51. The molecule has 0 bridgehead atoms. The van der Waals surface area contributed by atoms with Crippen molar-refractivity contribution in [1.29, 1.82) is 0 Å². The Kier molecular flexibility index (Phi) is 3.32. The lowest BCUT2D eigenvalue weighted by Crippen LogP contribution is -1.93. The van der Waals surface area contributed by atoms with Crippen LogP contribution in [0.3, 0.4) is 0 Å². The van der Waals surface area contributed by atoms with Crippen molar-refractivity contribution in [2.24, 2.45) is 0 Å². The number of benzene rings is 2. The van der Waals surface area contributed by atoms with E-state index in [2.05, 4.69) is 0 Å². The molecule has 0 radical (unpaired) electrons. The average molecular weight is 252 g/mol. The molecule has 0 aliphatic rings. The molecule has 0 saturated carbocycles. The van der Waals surface area contributed by atoms with E-state index in [-0.39, 0.29) is 17.1 Å². The van der Waals surface area contributed by atoms with Crippen LogP contribution in [0.25, 0.3) is 0 Å². The van der Waals surface area contributed by atoms with Crippen molar-refractivity contribution in [3.8, 4) is 11.5 Å². The smallest absolute Gasteiger partial charge is 0.153 e. The van der Waals surface area contributed by atoms with Gasteiger partial charge in [0.1, 0.15) is 29.0 Å². The van der Waals surface area contributed by atoms with E-state index in [1.165, 1.54) is 6.07 Å². The first-order chi connectivity index (χ1) is 8.58. The van der Waals surface area contributed by atoms with Gasteiger partial charge in [0.25, 0.3) is 0 Å². The molecule has 0 saturated heterocycles. The molecule has 0 fully saturated rings. The third-order valence-electron chi connectivity index (χ3n) is 2.16. The van der Waals surface area contributed by atoms with E-state index in [4.69, 9.17) is 4.74 Å². The predicted molar refractivity (Wildman–Crippen MR) is 58.2 cm³/mol. The largest absolute Gasteiger partial charge is 0.456 e. The van der Waals surface area contributed by atoms with Crippen LogP contribution in [0.5, 0.6) is 11.5 Å². The lowest BCUT2D eigenvalue weighted by Gasteiger charge is -2.08. The molecular formula is C13H7F3O2. The highest BCUT2D eigenvalue weighted by Gasteiger charge is 2.08. The van der Waals surface area contributed by atoms with E-state index in [0.717, 1.165) is 24.3 Å². The minimum absolute atomic E-state index is 0.0244. The zero-order chi connectivity index (χ0) is 13.1. The molecular weight excluding hydrogens is 245 g/mol. The van der Waals surface area contributed by atoms with Crippen molar-refractivity contribution in [3.05, 3.63) is 59.4 Å². The zero-order valence-electron chi connectivity index (χ0n) is 8.99. The van der Waals surface area contributed by atoms with Crippen LogP contribution in [0.15, 0.2) is 36.4 Å². The molecule has 18 heavy (non-hydrogen) atoms. The highest BCUT2D eigenvalue weighted by Crippen LogP contribution is 2.26. The van der Waals surface area contributed by atoms with E-state index in [1.807, 2.05) is 0 Å². The topological polar surface area (TPSA) is 26.3 Å². The molecule has 0 aliphatic carbocycles. The number of hydrogen-bond acceptors (Lipinski definition) is 2. The summed E-state index contributed by atoms with van der Waals surface area (Å²) in [4.78, 5) is 10.7. The molecule has 2 rings (SSSR count). The van der Waals surface area contributed by atoms with Gasteiger partial charge >= 0.3 is 0 Å². The fraction of sp³-hybridized carbons (Fsp3) is 0. The van der Waals surface area contributed by atoms with Gasteiger partial charge in [-0.3, -0.25) is 4.79 Å². The SMILES string of the molecule is O=Cc1cc(F)ccc1Oc1cc(F)cc(F)c1. The molecule has 2 aromatic carbocycles. The number of halogens is 3. The van der Waals surface area contributed by atoms with E-state index >= 15 is 0 Å². The van der Waals surface area contributed by atoms with Crippen molar-refractivity contribution >= 4 is 6.29 Å². The lowest BCUT2D eigenvalue weighted by molar-refractivity contribution is 0.112. The van der Waals surface area contributed by atoms with Crippen LogP contribution < -0.4 is 4.74 Å². The summed E-state index contributed by atoms with van der Waals surface area (Å²) in [7, 11) is 0. The van der Waals surface area contributed by atoms with E-state index in [1.54, 1.807) is 0 Å². The van der Waals surface area contributed by atoms with Crippen molar-refractivity contribution < 1.29 is 22.7 Å². The average Bonchev–Trinajstić information content (AvgIpc) is 2.30. The Balaban J connectivity index is 2.36. The summed E-state index contributed by atoms with van der Waals surface area (Å²) in [6.45, 7) is 0. The van der Waals surface area contributed by atoms with Crippen LogP contribution in [0.1, 0.15) is 10.4 Å². The van der Waals surface area contributed by atoms with Gasteiger partial charge in [0.15, 0.2) is 6.29 Å². The number of carbonyl (C=O) groups is 1. The minimum atomic E-state index is -0.806. The predicted octanol–water partition coefficient (Wildman–Crippen LogP) is 3.71. The highest BCUT2D eigenvalue weighted by molar-refractivity contribution is 5.79. The molecule has 0 N–H and O–H groups in total. The normalized spacial score (nSPS) is 10.2. The third-order valence-corrected chi connectivity index (χ3v) is 2.16. The van der Waals surface area contributed by atoms with Crippen molar-refractivity contribution in [2.45, 2.75) is 0 Å². The third kappa shape index (κ3) is 2.68. The Morgan fingerprint density at radius 1 is 0.889 bits per heavy atom. The number of carbonyl (C=O) groups excluding carboxylic acids is 1. The molecule has 5 heteroatoms. The number of hydrogen-bond donors (Lipinski definition) is 0. The summed E-state index contributed by atoms with van der Waals surface area (Å²) in [5.41, 5.74) is -0.0420. The first-order valence-corrected chi connectivity index (χ1v) is 4.97. The van der Waals surface area contributed by atoms with Gasteiger partial charge < -0.3 is 4.74 Å². The molecule has 0 atom stereocenters. The molecule has 92 valence electrons. The van der Waals surface area contributed by atoms with Gasteiger partial charge in [-0.2, -0.15) is 0 Å². The molecule has 0 heterocycles. The van der Waals surface area contributed by atoms with Crippen LogP contribution >= 0.6 is 0 Å². The van der Waals surface area contributed by atoms with Crippen LogP contribution in [0, 0.1) is 17.5 Å². The van der Waals surface area contributed by atoms with E-state index < -0.39 is 17.5 Å². The van der Waals surface area contributed by atoms with Gasteiger partial charge in [-0.15, -0.1) is 0 Å². The lowest BCUT2D eigenvalue weighted by atomic mass is 10.2. The van der Waals surface area contributed by atoms with Crippen LogP contribution in [0.4, 0.5) is 13.2 Å². The van der Waals surface area contributed by atoms with Gasteiger partial charge in [-0.1, -0.05) is 0 Å². The fourth-order valence-corrected chi connectivity index (χ4v) is 1.42. The molecule has 0 aromatic heterocycles. The summed E-state index contributed by atoms with van der Waals surface area (Å²) in [6, 6.07) is 5.87. The second kappa shape index (κ2) is 4.91. The fourth-order valence-electron chi connectivity index (χ4n) is 1.42. The van der Waals surface area contributed by atoms with Gasteiger partial charge in [-0.25, -0.2) is 13.2 Å². The molecule has 0 amide bonds. The van der Waals surface area contributed by atoms with Crippen molar-refractivity contribution in [1.82, 2.24) is 0 Å². The van der Waals surface area contributed by atoms with Gasteiger partial charge in [0, 0.05) is 18.2 Å². The number of ether oxygens (including phenoxy) is 1.